The fraction of sp³-hybridized carbons (Fsp3) is 0.231. The third kappa shape index (κ3) is 5.26. The third-order valence-corrected chi connectivity index (χ3v) is 5.34. The van der Waals surface area contributed by atoms with E-state index in [9.17, 15) is 9.59 Å². The summed E-state index contributed by atoms with van der Waals surface area (Å²) in [7, 11) is 1.59. The molecule has 33 heavy (non-hydrogen) atoms. The molecule has 2 heterocycles. The van der Waals surface area contributed by atoms with Crippen molar-refractivity contribution in [2.24, 2.45) is 0 Å². The maximum atomic E-state index is 13.3. The molecule has 7 nitrogen and oxygen atoms in total. The molecular formula is C26H26N2O5. The van der Waals surface area contributed by atoms with E-state index in [0.29, 0.717) is 29.2 Å². The van der Waals surface area contributed by atoms with Crippen molar-refractivity contribution in [3.05, 3.63) is 89.5 Å². The lowest BCUT2D eigenvalue weighted by atomic mass is 9.89. The number of nitrogens with one attached hydrogen (secondary N) is 2. The summed E-state index contributed by atoms with van der Waals surface area (Å²) in [5.74, 6) is 0.956. The lowest BCUT2D eigenvalue weighted by molar-refractivity contribution is -0.119. The zero-order valence-corrected chi connectivity index (χ0v) is 18.8. The van der Waals surface area contributed by atoms with Gasteiger partial charge in [-0.1, -0.05) is 18.2 Å². The summed E-state index contributed by atoms with van der Waals surface area (Å²) in [6.07, 6.45) is 3.57. The number of carbonyl (C=O) groups is 2. The van der Waals surface area contributed by atoms with Crippen LogP contribution in [0.15, 0.2) is 77.0 Å². The first-order valence-electron chi connectivity index (χ1n) is 10.6. The lowest BCUT2D eigenvalue weighted by Gasteiger charge is -2.38. The van der Waals surface area contributed by atoms with Gasteiger partial charge in [0.2, 0.25) is 0 Å². The number of benzene rings is 2. The van der Waals surface area contributed by atoms with Crippen LogP contribution in [-0.2, 0) is 4.79 Å². The minimum atomic E-state index is -0.504. The van der Waals surface area contributed by atoms with Gasteiger partial charge in [-0.2, -0.15) is 0 Å². The molecule has 2 amide bonds. The van der Waals surface area contributed by atoms with Gasteiger partial charge in [0.15, 0.2) is 0 Å². The number of rotatable bonds is 6. The molecule has 0 saturated carbocycles. The zero-order valence-electron chi connectivity index (χ0n) is 18.8. The van der Waals surface area contributed by atoms with E-state index < -0.39 is 11.5 Å². The van der Waals surface area contributed by atoms with Gasteiger partial charge in [-0.25, -0.2) is 0 Å². The number of carbonyl (C=O) groups excluding carboxylic acids is 2. The molecule has 0 bridgehead atoms. The highest BCUT2D eigenvalue weighted by Gasteiger charge is 2.35. The quantitative estimate of drug-likeness (QED) is 0.545. The van der Waals surface area contributed by atoms with E-state index in [1.54, 1.807) is 43.5 Å². The van der Waals surface area contributed by atoms with Crippen molar-refractivity contribution in [1.29, 1.82) is 0 Å². The maximum Gasteiger partial charge on any atom is 0.268 e. The Balaban J connectivity index is 1.61. The van der Waals surface area contributed by atoms with Gasteiger partial charge < -0.3 is 24.5 Å². The van der Waals surface area contributed by atoms with Crippen molar-refractivity contribution in [3.8, 4) is 11.5 Å². The van der Waals surface area contributed by atoms with E-state index in [1.165, 1.54) is 12.3 Å². The molecule has 1 aliphatic heterocycles. The fourth-order valence-electron chi connectivity index (χ4n) is 3.78. The molecule has 0 saturated heterocycles. The Morgan fingerprint density at radius 2 is 1.88 bits per heavy atom. The highest BCUT2D eigenvalue weighted by molar-refractivity contribution is 6.05. The molecule has 1 unspecified atom stereocenters. The number of furan rings is 1. The van der Waals surface area contributed by atoms with Gasteiger partial charge in [-0.05, 0) is 50.2 Å². The Morgan fingerprint density at radius 3 is 2.58 bits per heavy atom. The van der Waals surface area contributed by atoms with Gasteiger partial charge in [0.05, 0.1) is 19.4 Å². The molecule has 1 aliphatic rings. The first-order chi connectivity index (χ1) is 15.8. The predicted molar refractivity (Wildman–Crippen MR) is 124 cm³/mol. The highest BCUT2D eigenvalue weighted by Crippen LogP contribution is 2.41. The molecule has 170 valence electrons. The second-order valence-electron chi connectivity index (χ2n) is 8.39. The summed E-state index contributed by atoms with van der Waals surface area (Å²) in [4.78, 5) is 26.1. The van der Waals surface area contributed by atoms with Crippen LogP contribution in [0, 0.1) is 0 Å². The van der Waals surface area contributed by atoms with Gasteiger partial charge >= 0.3 is 0 Å². The van der Waals surface area contributed by atoms with Crippen LogP contribution in [0.3, 0.4) is 0 Å². The number of methoxy groups -OCH3 is 1. The van der Waals surface area contributed by atoms with E-state index in [1.807, 2.05) is 38.1 Å². The van der Waals surface area contributed by atoms with Crippen molar-refractivity contribution in [1.82, 2.24) is 10.6 Å². The molecule has 7 heteroatoms. The summed E-state index contributed by atoms with van der Waals surface area (Å²) >= 11 is 0. The van der Waals surface area contributed by atoms with Crippen LogP contribution in [0.25, 0.3) is 6.08 Å². The SMILES string of the molecule is COc1ccc2c(c1)OC(C)(C)CC2NC(=O)/C(=C/c1ccco1)NC(=O)c1ccccc1. The van der Waals surface area contributed by atoms with Crippen molar-refractivity contribution < 1.29 is 23.5 Å². The van der Waals surface area contributed by atoms with Crippen molar-refractivity contribution in [3.63, 3.8) is 0 Å². The van der Waals surface area contributed by atoms with Gasteiger partial charge in [-0.15, -0.1) is 0 Å². The normalized spacial score (nSPS) is 16.8. The molecule has 2 N–H and O–H groups in total. The second-order valence-corrected chi connectivity index (χ2v) is 8.39. The number of fused-ring (bicyclic) bond motifs is 1. The first-order valence-corrected chi connectivity index (χ1v) is 10.6. The van der Waals surface area contributed by atoms with E-state index in [0.717, 1.165) is 5.56 Å². The highest BCUT2D eigenvalue weighted by atomic mass is 16.5. The second kappa shape index (κ2) is 9.24. The number of ether oxygens (including phenoxy) is 2. The number of hydrogen-bond donors (Lipinski definition) is 2. The van der Waals surface area contributed by atoms with Gasteiger partial charge in [0.25, 0.3) is 11.8 Å². The smallest absolute Gasteiger partial charge is 0.268 e. The van der Waals surface area contributed by atoms with Crippen LogP contribution in [0.4, 0.5) is 0 Å². The Morgan fingerprint density at radius 1 is 1.09 bits per heavy atom. The van der Waals surface area contributed by atoms with Crippen molar-refractivity contribution in [2.75, 3.05) is 7.11 Å². The van der Waals surface area contributed by atoms with Gasteiger partial charge in [-0.3, -0.25) is 9.59 Å². The summed E-state index contributed by atoms with van der Waals surface area (Å²) < 4.78 is 16.8. The topological polar surface area (TPSA) is 89.8 Å². The molecule has 1 atom stereocenters. The molecule has 1 aromatic heterocycles. The molecule has 0 aliphatic carbocycles. The van der Waals surface area contributed by atoms with E-state index in [4.69, 9.17) is 13.9 Å². The minimum Gasteiger partial charge on any atom is -0.497 e. The van der Waals surface area contributed by atoms with Crippen LogP contribution in [0.2, 0.25) is 0 Å². The third-order valence-electron chi connectivity index (χ3n) is 5.34. The van der Waals surface area contributed by atoms with Crippen LogP contribution in [-0.4, -0.2) is 24.5 Å². The summed E-state index contributed by atoms with van der Waals surface area (Å²) in [5.41, 5.74) is 0.865. The molecule has 0 spiro atoms. The average molecular weight is 447 g/mol. The first kappa shape index (κ1) is 22.2. The minimum absolute atomic E-state index is 0.0816. The predicted octanol–water partition coefficient (Wildman–Crippen LogP) is 4.48. The molecular weight excluding hydrogens is 420 g/mol. The standard InChI is InChI=1S/C26H26N2O5/c1-26(2)16-22(20-12-11-18(31-3)15-23(20)33-26)28-25(30)21(14-19-10-7-13-32-19)27-24(29)17-8-5-4-6-9-17/h4-15,22H,16H2,1-3H3,(H,27,29)(H,28,30)/b21-14-. The Hall–Kier alpha value is -4.00. The van der Waals surface area contributed by atoms with Gasteiger partial charge in [0.1, 0.15) is 28.6 Å². The Bertz CT molecular complexity index is 1170. The monoisotopic (exact) mass is 446 g/mol. The molecule has 0 fully saturated rings. The van der Waals surface area contributed by atoms with Crippen LogP contribution in [0.5, 0.6) is 11.5 Å². The summed E-state index contributed by atoms with van der Waals surface area (Å²) in [6.45, 7) is 3.93. The largest absolute Gasteiger partial charge is 0.497 e. The number of amides is 2. The van der Waals surface area contributed by atoms with Gasteiger partial charge in [0, 0.05) is 29.7 Å². The molecule has 0 radical (unpaired) electrons. The lowest BCUT2D eigenvalue weighted by Crippen LogP contribution is -2.43. The zero-order chi connectivity index (χ0) is 23.4. The Kier molecular flexibility index (Phi) is 6.22. The average Bonchev–Trinajstić information content (AvgIpc) is 3.31. The van der Waals surface area contributed by atoms with Crippen molar-refractivity contribution >= 4 is 17.9 Å². The van der Waals surface area contributed by atoms with E-state index >= 15 is 0 Å². The molecule has 2 aromatic carbocycles. The van der Waals surface area contributed by atoms with Crippen molar-refractivity contribution in [2.45, 2.75) is 31.9 Å². The van der Waals surface area contributed by atoms with E-state index in [2.05, 4.69) is 10.6 Å². The molecule has 4 rings (SSSR count). The maximum absolute atomic E-state index is 13.3. The fourth-order valence-corrected chi connectivity index (χ4v) is 3.78. The number of hydrogen-bond acceptors (Lipinski definition) is 5. The Labute approximate surface area is 192 Å². The summed E-state index contributed by atoms with van der Waals surface area (Å²) in [5, 5.41) is 5.78. The van der Waals surface area contributed by atoms with Crippen LogP contribution >= 0.6 is 0 Å². The summed E-state index contributed by atoms with van der Waals surface area (Å²) in [6, 6.07) is 17.3. The van der Waals surface area contributed by atoms with Crippen LogP contribution in [0.1, 0.15) is 48.0 Å². The van der Waals surface area contributed by atoms with Crippen LogP contribution < -0.4 is 20.1 Å². The molecule has 3 aromatic rings. The van der Waals surface area contributed by atoms with E-state index in [-0.39, 0.29) is 17.6 Å².